The van der Waals surface area contributed by atoms with Gasteiger partial charge in [-0.2, -0.15) is 0 Å². The molecule has 0 atom stereocenters. The summed E-state index contributed by atoms with van der Waals surface area (Å²) >= 11 is 0. The number of aryl methyl sites for hydroxylation is 2. The number of rotatable bonds is 4. The monoisotopic (exact) mass is 632 g/mol. The van der Waals surface area contributed by atoms with Crippen LogP contribution in [0.15, 0.2) is 109 Å². The summed E-state index contributed by atoms with van der Waals surface area (Å²) in [7, 11) is 0. The quantitative estimate of drug-likeness (QED) is 0.156. The van der Waals surface area contributed by atoms with Gasteiger partial charge in [-0.05, 0) is 93.5 Å². The molecule has 0 fully saturated rings. The zero-order chi connectivity index (χ0) is 33.4. The van der Waals surface area contributed by atoms with Crippen LogP contribution in [0.4, 0.5) is 0 Å². The molecule has 0 radical (unpaired) electrons. The maximum absolute atomic E-state index is 11.8. The second kappa shape index (κ2) is 13.0. The fourth-order valence-electron chi connectivity index (χ4n) is 7.30. The van der Waals surface area contributed by atoms with E-state index >= 15 is 0 Å². The third kappa shape index (κ3) is 6.52. The van der Waals surface area contributed by atoms with Gasteiger partial charge in [-0.15, -0.1) is 0 Å². The van der Waals surface area contributed by atoms with E-state index < -0.39 is 0 Å². The molecule has 0 saturated heterocycles. The molecule has 0 aliphatic heterocycles. The van der Waals surface area contributed by atoms with Gasteiger partial charge >= 0.3 is 0 Å². The van der Waals surface area contributed by atoms with Crippen LogP contribution in [0.1, 0.15) is 77.9 Å². The molecule has 4 heteroatoms. The molecular formula is C44H40O4. The van der Waals surface area contributed by atoms with Crippen LogP contribution in [-0.4, -0.2) is 20.4 Å². The molecule has 6 aromatic carbocycles. The number of hydrogen-bond donors (Lipinski definition) is 4. The second-order valence-electron chi connectivity index (χ2n) is 13.4. The number of fused-ring (bicyclic) bond motifs is 8. The van der Waals surface area contributed by atoms with Crippen molar-refractivity contribution in [3.05, 3.63) is 187 Å². The molecule has 6 aromatic rings. The number of phenols is 4. The molecule has 4 nitrogen and oxygen atoms in total. The number of phenolic OH excluding ortho intramolecular Hbond substituents is 4. The molecule has 0 aromatic heterocycles. The Labute approximate surface area is 282 Å². The molecular weight excluding hydrogens is 592 g/mol. The van der Waals surface area contributed by atoms with Gasteiger partial charge < -0.3 is 20.4 Å². The van der Waals surface area contributed by atoms with Crippen molar-refractivity contribution in [1.29, 1.82) is 0 Å². The molecule has 0 heterocycles. The summed E-state index contributed by atoms with van der Waals surface area (Å²) in [5.74, 6) is 0.708. The average Bonchev–Trinajstić information content (AvgIpc) is 3.06. The molecule has 7 rings (SSSR count). The predicted octanol–water partition coefficient (Wildman–Crippen LogP) is 8.98. The Morgan fingerprint density at radius 1 is 0.354 bits per heavy atom. The van der Waals surface area contributed by atoms with Crippen molar-refractivity contribution in [1.82, 2.24) is 0 Å². The van der Waals surface area contributed by atoms with Crippen molar-refractivity contribution < 1.29 is 20.4 Å². The van der Waals surface area contributed by atoms with E-state index in [9.17, 15) is 20.4 Å². The van der Waals surface area contributed by atoms with Crippen LogP contribution in [-0.2, 0) is 38.5 Å². The highest BCUT2D eigenvalue weighted by Gasteiger charge is 2.21. The van der Waals surface area contributed by atoms with E-state index in [2.05, 4.69) is 24.3 Å². The molecule has 240 valence electrons. The Bertz CT molecular complexity index is 1980. The summed E-state index contributed by atoms with van der Waals surface area (Å²) in [5.41, 5.74) is 12.2. The predicted molar refractivity (Wildman–Crippen MR) is 192 cm³/mol. The fraction of sp³-hybridized carbons (Fsp3) is 0.182. The molecule has 0 saturated carbocycles. The molecule has 4 N–H and O–H groups in total. The lowest BCUT2D eigenvalue weighted by molar-refractivity contribution is 0.450. The molecule has 1 aliphatic rings. The summed E-state index contributed by atoms with van der Waals surface area (Å²) in [6, 6.07) is 36.5. The summed E-state index contributed by atoms with van der Waals surface area (Å²) in [6.45, 7) is 4.01. The maximum Gasteiger partial charge on any atom is 0.122 e. The summed E-state index contributed by atoms with van der Waals surface area (Å²) in [4.78, 5) is 0. The molecule has 0 spiro atoms. The first-order valence-electron chi connectivity index (χ1n) is 16.6. The van der Waals surface area contributed by atoms with Gasteiger partial charge in [0.15, 0.2) is 0 Å². The van der Waals surface area contributed by atoms with E-state index in [1.807, 2.05) is 98.8 Å². The first-order valence-corrected chi connectivity index (χ1v) is 16.6. The Morgan fingerprint density at radius 3 is 0.875 bits per heavy atom. The zero-order valence-electron chi connectivity index (χ0n) is 27.4. The average molecular weight is 633 g/mol. The van der Waals surface area contributed by atoms with Crippen molar-refractivity contribution >= 4 is 0 Å². The first-order chi connectivity index (χ1) is 23.2. The van der Waals surface area contributed by atoms with E-state index in [0.29, 0.717) is 38.5 Å². The highest BCUT2D eigenvalue weighted by Crippen LogP contribution is 2.39. The standard InChI is InChI=1S/C44H40O4/c1-27-13-33-23-34-14-28(2)16-36(42(34)46)25-38-20-32(18-30-11-7-4-8-12-30)22-40(44(38)48)26-39-21-31(17-29-9-5-3-6-10-29)19-37(43(39)47)24-35(15-27)41(33)45/h3-16,19-22,45-48H,17-18,23-26H2,1-2H3. The lowest BCUT2D eigenvalue weighted by Gasteiger charge is -2.20. The third-order valence-corrected chi connectivity index (χ3v) is 9.51. The van der Waals surface area contributed by atoms with Crippen LogP contribution >= 0.6 is 0 Å². The van der Waals surface area contributed by atoms with E-state index in [1.165, 1.54) is 0 Å². The minimum absolute atomic E-state index is 0.175. The third-order valence-electron chi connectivity index (χ3n) is 9.51. The number of hydrogen-bond acceptors (Lipinski definition) is 4. The molecule has 1 aliphatic carbocycles. The van der Waals surface area contributed by atoms with Gasteiger partial charge in [-0.1, -0.05) is 120 Å². The van der Waals surface area contributed by atoms with E-state index in [-0.39, 0.29) is 23.0 Å². The fourth-order valence-corrected chi connectivity index (χ4v) is 7.30. The molecule has 0 amide bonds. The number of benzene rings is 6. The SMILES string of the molecule is Cc1cc2c(O)c(c1)Cc1cc(Cc3ccccc3)cc(c1O)Cc1cc(Cc3ccccc3)cc(c1O)Cc1cc(C)cc(c1O)C2. The van der Waals surface area contributed by atoms with Crippen LogP contribution in [0.5, 0.6) is 23.0 Å². The smallest absolute Gasteiger partial charge is 0.122 e. The van der Waals surface area contributed by atoms with Gasteiger partial charge in [0.2, 0.25) is 0 Å². The van der Waals surface area contributed by atoms with Gasteiger partial charge in [0.1, 0.15) is 23.0 Å². The van der Waals surface area contributed by atoms with E-state index in [4.69, 9.17) is 0 Å². The highest BCUT2D eigenvalue weighted by atomic mass is 16.3. The van der Waals surface area contributed by atoms with Crippen LogP contribution < -0.4 is 0 Å². The lowest BCUT2D eigenvalue weighted by atomic mass is 9.87. The van der Waals surface area contributed by atoms with Gasteiger partial charge in [0.25, 0.3) is 0 Å². The van der Waals surface area contributed by atoms with E-state index in [0.717, 1.165) is 77.9 Å². The van der Waals surface area contributed by atoms with Crippen LogP contribution in [0.3, 0.4) is 0 Å². The van der Waals surface area contributed by atoms with Crippen molar-refractivity contribution in [3.8, 4) is 23.0 Å². The first kappa shape index (κ1) is 31.1. The Morgan fingerprint density at radius 2 is 0.604 bits per heavy atom. The Balaban J connectivity index is 1.44. The molecule has 8 bridgehead atoms. The molecule has 0 unspecified atom stereocenters. The topological polar surface area (TPSA) is 80.9 Å². The summed E-state index contributed by atoms with van der Waals surface area (Å²) in [5, 5.41) is 46.9. The van der Waals surface area contributed by atoms with Gasteiger partial charge in [-0.3, -0.25) is 0 Å². The normalized spacial score (nSPS) is 12.5. The Kier molecular flexibility index (Phi) is 8.41. The highest BCUT2D eigenvalue weighted by molar-refractivity contribution is 5.57. The molecule has 48 heavy (non-hydrogen) atoms. The van der Waals surface area contributed by atoms with Gasteiger partial charge in [0.05, 0.1) is 0 Å². The maximum atomic E-state index is 11.8. The summed E-state index contributed by atoms with van der Waals surface area (Å²) in [6.07, 6.45) is 2.70. The van der Waals surface area contributed by atoms with Crippen molar-refractivity contribution in [2.24, 2.45) is 0 Å². The number of aromatic hydroxyl groups is 4. The Hall–Kier alpha value is -5.48. The van der Waals surface area contributed by atoms with Crippen molar-refractivity contribution in [3.63, 3.8) is 0 Å². The van der Waals surface area contributed by atoms with Crippen molar-refractivity contribution in [2.45, 2.75) is 52.4 Å². The minimum atomic E-state index is 0.175. The van der Waals surface area contributed by atoms with E-state index in [1.54, 1.807) is 0 Å². The second-order valence-corrected chi connectivity index (χ2v) is 13.4. The van der Waals surface area contributed by atoms with Gasteiger partial charge in [0, 0.05) is 25.7 Å². The lowest BCUT2D eigenvalue weighted by Crippen LogP contribution is -2.04. The van der Waals surface area contributed by atoms with Gasteiger partial charge in [-0.25, -0.2) is 0 Å². The van der Waals surface area contributed by atoms with Crippen LogP contribution in [0, 0.1) is 13.8 Å². The van der Waals surface area contributed by atoms with Crippen LogP contribution in [0.2, 0.25) is 0 Å². The summed E-state index contributed by atoms with van der Waals surface area (Å²) < 4.78 is 0. The minimum Gasteiger partial charge on any atom is -0.507 e. The zero-order valence-corrected chi connectivity index (χ0v) is 27.4. The van der Waals surface area contributed by atoms with Crippen molar-refractivity contribution in [2.75, 3.05) is 0 Å². The largest absolute Gasteiger partial charge is 0.507 e. The van der Waals surface area contributed by atoms with Crippen LogP contribution in [0.25, 0.3) is 0 Å².